The van der Waals surface area contributed by atoms with Gasteiger partial charge >= 0.3 is 0 Å². The van der Waals surface area contributed by atoms with Gasteiger partial charge in [-0.1, -0.05) is 13.3 Å². The number of rotatable bonds is 7. The highest BCUT2D eigenvalue weighted by Crippen LogP contribution is 2.08. The van der Waals surface area contributed by atoms with Gasteiger partial charge < -0.3 is 10.2 Å². The van der Waals surface area contributed by atoms with Crippen molar-refractivity contribution in [3.05, 3.63) is 17.5 Å². The average Bonchev–Trinajstić information content (AvgIpc) is 2.99. The van der Waals surface area contributed by atoms with Gasteiger partial charge in [0.05, 0.1) is 5.69 Å². The average molecular weight is 250 g/mol. The molecule has 1 saturated heterocycles. The van der Waals surface area contributed by atoms with Crippen LogP contribution in [0.1, 0.15) is 44.5 Å². The highest BCUT2D eigenvalue weighted by molar-refractivity contribution is 5.08. The summed E-state index contributed by atoms with van der Waals surface area (Å²) in [4.78, 5) is 2.55. The van der Waals surface area contributed by atoms with E-state index in [2.05, 4.69) is 40.3 Å². The number of hydrogen-bond donors (Lipinski definition) is 2. The molecule has 1 aliphatic rings. The van der Waals surface area contributed by atoms with Crippen LogP contribution in [0.3, 0.4) is 0 Å². The Hall–Kier alpha value is -0.870. The van der Waals surface area contributed by atoms with Crippen LogP contribution >= 0.6 is 0 Å². The van der Waals surface area contributed by atoms with Gasteiger partial charge in [-0.2, -0.15) is 5.10 Å². The van der Waals surface area contributed by atoms with E-state index in [4.69, 9.17) is 0 Å². The van der Waals surface area contributed by atoms with Crippen LogP contribution in [0, 0.1) is 0 Å². The zero-order chi connectivity index (χ0) is 12.8. The predicted octanol–water partition coefficient (Wildman–Crippen LogP) is 1.94. The standard InChI is InChI=1S/C14H26N4/c1-3-6-13-9-14(17-16-13)10-15-12(2)11-18-7-4-5-8-18/h9,12,15H,3-8,10-11H2,1-2H3,(H,16,17). The third-order valence-electron chi connectivity index (χ3n) is 3.56. The maximum Gasteiger partial charge on any atom is 0.0625 e. The highest BCUT2D eigenvalue weighted by atomic mass is 15.2. The van der Waals surface area contributed by atoms with Crippen LogP contribution in [0.5, 0.6) is 0 Å². The van der Waals surface area contributed by atoms with Gasteiger partial charge in [0.2, 0.25) is 0 Å². The molecule has 4 heteroatoms. The lowest BCUT2D eigenvalue weighted by Gasteiger charge is -2.20. The molecule has 4 nitrogen and oxygen atoms in total. The van der Waals surface area contributed by atoms with E-state index in [1.807, 2.05) is 0 Å². The fraction of sp³-hybridized carbons (Fsp3) is 0.786. The molecule has 1 aromatic rings. The van der Waals surface area contributed by atoms with E-state index in [-0.39, 0.29) is 0 Å². The van der Waals surface area contributed by atoms with E-state index in [1.54, 1.807) is 0 Å². The molecule has 102 valence electrons. The first kappa shape index (κ1) is 13.6. The summed E-state index contributed by atoms with van der Waals surface area (Å²) in [7, 11) is 0. The minimum absolute atomic E-state index is 0.543. The van der Waals surface area contributed by atoms with Crippen molar-refractivity contribution in [3.63, 3.8) is 0 Å². The zero-order valence-electron chi connectivity index (χ0n) is 11.7. The van der Waals surface area contributed by atoms with E-state index >= 15 is 0 Å². The number of aromatic nitrogens is 2. The Morgan fingerprint density at radius 2 is 2.22 bits per heavy atom. The Morgan fingerprint density at radius 3 is 2.94 bits per heavy atom. The van der Waals surface area contributed by atoms with Crippen molar-refractivity contribution in [2.24, 2.45) is 0 Å². The first-order valence-corrected chi connectivity index (χ1v) is 7.27. The van der Waals surface area contributed by atoms with Crippen molar-refractivity contribution >= 4 is 0 Å². The summed E-state index contributed by atoms with van der Waals surface area (Å²) in [6.45, 7) is 9.06. The lowest BCUT2D eigenvalue weighted by Crippen LogP contribution is -2.37. The lowest BCUT2D eigenvalue weighted by molar-refractivity contribution is 0.298. The molecule has 0 radical (unpaired) electrons. The first-order chi connectivity index (χ1) is 8.78. The number of likely N-dealkylation sites (tertiary alicyclic amines) is 1. The summed E-state index contributed by atoms with van der Waals surface area (Å²) in [5.74, 6) is 0. The minimum Gasteiger partial charge on any atom is -0.307 e. The Kier molecular flexibility index (Phi) is 5.20. The van der Waals surface area contributed by atoms with Gasteiger partial charge in [0.1, 0.15) is 0 Å². The van der Waals surface area contributed by atoms with Crippen molar-refractivity contribution in [2.45, 2.75) is 52.1 Å². The molecule has 2 rings (SSSR count). The molecular formula is C14H26N4. The summed E-state index contributed by atoms with van der Waals surface area (Å²) in [6, 6.07) is 2.72. The monoisotopic (exact) mass is 250 g/mol. The van der Waals surface area contributed by atoms with Gasteiger partial charge in [0.15, 0.2) is 0 Å². The summed E-state index contributed by atoms with van der Waals surface area (Å²) in [5, 5.41) is 11.0. The highest BCUT2D eigenvalue weighted by Gasteiger charge is 2.14. The molecule has 1 unspecified atom stereocenters. The first-order valence-electron chi connectivity index (χ1n) is 7.27. The molecule has 0 aliphatic carbocycles. The Balaban J connectivity index is 1.69. The summed E-state index contributed by atoms with van der Waals surface area (Å²) < 4.78 is 0. The minimum atomic E-state index is 0.543. The van der Waals surface area contributed by atoms with Crippen molar-refractivity contribution in [1.82, 2.24) is 20.4 Å². The van der Waals surface area contributed by atoms with Gasteiger partial charge in [-0.3, -0.25) is 5.10 Å². The van der Waals surface area contributed by atoms with Crippen molar-refractivity contribution in [1.29, 1.82) is 0 Å². The lowest BCUT2D eigenvalue weighted by atomic mass is 10.2. The Morgan fingerprint density at radius 1 is 1.44 bits per heavy atom. The number of hydrogen-bond acceptors (Lipinski definition) is 3. The van der Waals surface area contributed by atoms with Crippen LogP contribution < -0.4 is 5.32 Å². The second-order valence-electron chi connectivity index (χ2n) is 5.42. The van der Waals surface area contributed by atoms with Crippen molar-refractivity contribution in [2.75, 3.05) is 19.6 Å². The summed E-state index contributed by atoms with van der Waals surface area (Å²) in [5.41, 5.74) is 2.38. The molecule has 0 spiro atoms. The fourth-order valence-electron chi connectivity index (χ4n) is 2.59. The van der Waals surface area contributed by atoms with Crippen LogP contribution in [-0.4, -0.2) is 40.8 Å². The SMILES string of the molecule is CCCc1cc(CNC(C)CN2CCCC2)[nH]n1. The fourth-order valence-corrected chi connectivity index (χ4v) is 2.59. The molecule has 0 saturated carbocycles. The molecule has 1 aliphatic heterocycles. The Labute approximate surface area is 110 Å². The molecule has 2 heterocycles. The maximum absolute atomic E-state index is 4.31. The molecule has 0 aromatic carbocycles. The van der Waals surface area contributed by atoms with Crippen molar-refractivity contribution in [3.8, 4) is 0 Å². The summed E-state index contributed by atoms with van der Waals surface area (Å²) >= 11 is 0. The Bertz CT molecular complexity index is 341. The largest absolute Gasteiger partial charge is 0.307 e. The third-order valence-corrected chi connectivity index (χ3v) is 3.56. The summed E-state index contributed by atoms with van der Waals surface area (Å²) in [6.07, 6.45) is 4.96. The van der Waals surface area contributed by atoms with Crippen LogP contribution in [0.2, 0.25) is 0 Å². The molecule has 1 aromatic heterocycles. The van der Waals surface area contributed by atoms with Crippen LogP contribution in [0.15, 0.2) is 6.07 Å². The topological polar surface area (TPSA) is 44.0 Å². The number of aromatic amines is 1. The molecule has 0 amide bonds. The number of aryl methyl sites for hydroxylation is 1. The number of nitrogens with zero attached hydrogens (tertiary/aromatic N) is 2. The van der Waals surface area contributed by atoms with Gasteiger partial charge in [-0.15, -0.1) is 0 Å². The van der Waals surface area contributed by atoms with Crippen LogP contribution in [-0.2, 0) is 13.0 Å². The van der Waals surface area contributed by atoms with Crippen LogP contribution in [0.4, 0.5) is 0 Å². The second-order valence-corrected chi connectivity index (χ2v) is 5.42. The molecule has 0 bridgehead atoms. The molecule has 2 N–H and O–H groups in total. The number of nitrogens with one attached hydrogen (secondary N) is 2. The van der Waals surface area contributed by atoms with Gasteiger partial charge in [0.25, 0.3) is 0 Å². The zero-order valence-corrected chi connectivity index (χ0v) is 11.7. The normalized spacial score (nSPS) is 18.3. The molecular weight excluding hydrogens is 224 g/mol. The van der Waals surface area contributed by atoms with E-state index < -0.39 is 0 Å². The van der Waals surface area contributed by atoms with Crippen molar-refractivity contribution < 1.29 is 0 Å². The van der Waals surface area contributed by atoms with E-state index in [0.29, 0.717) is 6.04 Å². The second kappa shape index (κ2) is 6.90. The van der Waals surface area contributed by atoms with E-state index in [9.17, 15) is 0 Å². The van der Waals surface area contributed by atoms with E-state index in [1.165, 1.54) is 37.3 Å². The molecule has 1 atom stereocenters. The van der Waals surface area contributed by atoms with E-state index in [0.717, 1.165) is 25.9 Å². The van der Waals surface area contributed by atoms with Gasteiger partial charge in [0, 0.05) is 24.8 Å². The van der Waals surface area contributed by atoms with Gasteiger partial charge in [-0.05, 0) is 45.3 Å². The quantitative estimate of drug-likeness (QED) is 0.777. The molecule has 1 fully saturated rings. The maximum atomic E-state index is 4.31. The predicted molar refractivity (Wildman–Crippen MR) is 74.6 cm³/mol. The van der Waals surface area contributed by atoms with Crippen LogP contribution in [0.25, 0.3) is 0 Å². The smallest absolute Gasteiger partial charge is 0.0625 e. The number of H-pyrrole nitrogens is 1. The van der Waals surface area contributed by atoms with Gasteiger partial charge in [-0.25, -0.2) is 0 Å². The molecule has 18 heavy (non-hydrogen) atoms. The third kappa shape index (κ3) is 4.10.